The van der Waals surface area contributed by atoms with E-state index in [-0.39, 0.29) is 30.1 Å². The molecule has 1 aromatic carbocycles. The lowest BCUT2D eigenvalue weighted by Crippen LogP contribution is -2.41. The molecular weight excluding hydrogens is 501 g/mol. The summed E-state index contributed by atoms with van der Waals surface area (Å²) in [4.78, 5) is 13.3. The summed E-state index contributed by atoms with van der Waals surface area (Å²) in [6.45, 7) is 5.99. The molecule has 0 bridgehead atoms. The third-order valence-electron chi connectivity index (χ3n) is 4.71. The average Bonchev–Trinajstić information content (AvgIpc) is 2.69. The fourth-order valence-corrected chi connectivity index (χ4v) is 3.53. The first kappa shape index (κ1) is 23.7. The number of aromatic nitrogens is 1. The number of aliphatic imine (C=N–C) groups is 1. The van der Waals surface area contributed by atoms with Crippen molar-refractivity contribution in [1.82, 2.24) is 15.2 Å². The van der Waals surface area contributed by atoms with Gasteiger partial charge in [-0.25, -0.2) is 4.98 Å². The number of nitrogens with one attached hydrogen (secondary N) is 1. The largest absolute Gasteiger partial charge is 0.375 e. The van der Waals surface area contributed by atoms with Crippen LogP contribution in [0.2, 0.25) is 5.02 Å². The molecule has 29 heavy (non-hydrogen) atoms. The topological polar surface area (TPSA) is 53.0 Å². The molecule has 3 rings (SSSR count). The third kappa shape index (κ3) is 7.01. The van der Waals surface area contributed by atoms with E-state index in [4.69, 9.17) is 16.3 Å². The van der Waals surface area contributed by atoms with Crippen molar-refractivity contribution in [2.45, 2.75) is 26.1 Å². The summed E-state index contributed by atoms with van der Waals surface area (Å²) in [5.74, 6) is 1.83. The Morgan fingerprint density at radius 1 is 1.34 bits per heavy atom. The van der Waals surface area contributed by atoms with Crippen molar-refractivity contribution >= 4 is 47.4 Å². The Hall–Kier alpha value is -1.58. The molecule has 1 aromatic heterocycles. The highest BCUT2D eigenvalue weighted by Gasteiger charge is 2.18. The minimum absolute atomic E-state index is 0. The maximum Gasteiger partial charge on any atom is 0.193 e. The molecule has 2 heterocycles. The predicted octanol–water partition coefficient (Wildman–Crippen LogP) is 3.79. The molecule has 1 saturated heterocycles. The average molecular weight is 530 g/mol. The Labute approximate surface area is 195 Å². The van der Waals surface area contributed by atoms with E-state index in [1.807, 2.05) is 37.5 Å². The van der Waals surface area contributed by atoms with Crippen LogP contribution in [0.15, 0.2) is 47.6 Å². The van der Waals surface area contributed by atoms with Crippen molar-refractivity contribution < 1.29 is 4.74 Å². The van der Waals surface area contributed by atoms with Crippen LogP contribution in [0.1, 0.15) is 18.1 Å². The summed E-state index contributed by atoms with van der Waals surface area (Å²) in [6.07, 6.45) is 2.10. The zero-order valence-electron chi connectivity index (χ0n) is 17.1. The van der Waals surface area contributed by atoms with Crippen molar-refractivity contribution in [3.05, 3.63) is 58.7 Å². The number of guanidine groups is 1. The Morgan fingerprint density at radius 2 is 2.17 bits per heavy atom. The number of benzene rings is 1. The predicted molar refractivity (Wildman–Crippen MR) is 130 cm³/mol. The molecule has 1 fully saturated rings. The number of ether oxygens (including phenoxy) is 1. The van der Waals surface area contributed by atoms with Crippen molar-refractivity contribution in [3.8, 4) is 0 Å². The number of hydrogen-bond donors (Lipinski definition) is 1. The van der Waals surface area contributed by atoms with Gasteiger partial charge in [0.2, 0.25) is 0 Å². The van der Waals surface area contributed by atoms with Gasteiger partial charge in [0.05, 0.1) is 12.7 Å². The Kier molecular flexibility index (Phi) is 9.45. The number of hydrogen-bond acceptors (Lipinski definition) is 4. The van der Waals surface area contributed by atoms with Crippen LogP contribution in [0, 0.1) is 0 Å². The zero-order chi connectivity index (χ0) is 19.9. The van der Waals surface area contributed by atoms with Crippen molar-refractivity contribution in [1.29, 1.82) is 0 Å². The maximum atomic E-state index is 6.09. The van der Waals surface area contributed by atoms with E-state index >= 15 is 0 Å². The molecular formula is C21H29ClIN5O. The third-order valence-corrected chi connectivity index (χ3v) is 4.94. The Bertz CT molecular complexity index is 819. The fourth-order valence-electron chi connectivity index (χ4n) is 3.32. The molecule has 0 radical (unpaired) electrons. The monoisotopic (exact) mass is 529 g/mol. The molecule has 1 unspecified atom stereocenters. The van der Waals surface area contributed by atoms with Crippen LogP contribution in [-0.2, 0) is 17.8 Å². The lowest BCUT2D eigenvalue weighted by Gasteiger charge is -2.32. The van der Waals surface area contributed by atoms with Crippen molar-refractivity contribution in [3.63, 3.8) is 0 Å². The van der Waals surface area contributed by atoms with E-state index in [9.17, 15) is 0 Å². The smallest absolute Gasteiger partial charge is 0.193 e. The van der Waals surface area contributed by atoms with Crippen LogP contribution in [0.3, 0.4) is 0 Å². The Morgan fingerprint density at radius 3 is 2.90 bits per heavy atom. The highest BCUT2D eigenvalue weighted by molar-refractivity contribution is 14.0. The second kappa shape index (κ2) is 11.6. The van der Waals surface area contributed by atoms with Gasteiger partial charge in [0.25, 0.3) is 0 Å². The molecule has 0 aliphatic carbocycles. The van der Waals surface area contributed by atoms with Gasteiger partial charge in [-0.2, -0.15) is 0 Å². The zero-order valence-corrected chi connectivity index (χ0v) is 20.2. The first-order valence-corrected chi connectivity index (χ1v) is 9.90. The van der Waals surface area contributed by atoms with Gasteiger partial charge in [0.15, 0.2) is 5.96 Å². The first-order chi connectivity index (χ1) is 13.5. The van der Waals surface area contributed by atoms with Gasteiger partial charge >= 0.3 is 0 Å². The second-order valence-corrected chi connectivity index (χ2v) is 7.47. The van der Waals surface area contributed by atoms with Gasteiger partial charge in [-0.05, 0) is 42.3 Å². The van der Waals surface area contributed by atoms with E-state index in [1.165, 1.54) is 5.56 Å². The molecule has 1 N–H and O–H groups in total. The van der Waals surface area contributed by atoms with Gasteiger partial charge < -0.3 is 19.9 Å². The fraction of sp³-hybridized carbons (Fsp3) is 0.429. The van der Waals surface area contributed by atoms with Crippen LogP contribution in [0.5, 0.6) is 0 Å². The molecule has 6 nitrogen and oxygen atoms in total. The van der Waals surface area contributed by atoms with E-state index < -0.39 is 0 Å². The highest BCUT2D eigenvalue weighted by Crippen LogP contribution is 2.17. The second-order valence-electron chi connectivity index (χ2n) is 7.04. The first-order valence-electron chi connectivity index (χ1n) is 9.53. The quantitative estimate of drug-likeness (QED) is 0.363. The summed E-state index contributed by atoms with van der Waals surface area (Å²) in [7, 11) is 3.81. The van der Waals surface area contributed by atoms with Crippen LogP contribution in [-0.4, -0.2) is 55.7 Å². The van der Waals surface area contributed by atoms with Crippen molar-refractivity contribution in [2.24, 2.45) is 4.99 Å². The van der Waals surface area contributed by atoms with E-state index in [0.717, 1.165) is 48.6 Å². The molecule has 0 spiro atoms. The van der Waals surface area contributed by atoms with Crippen LogP contribution >= 0.6 is 35.6 Å². The summed E-state index contributed by atoms with van der Waals surface area (Å²) < 4.78 is 5.62. The maximum absolute atomic E-state index is 6.09. The Balaban J connectivity index is 0.00000300. The molecule has 1 atom stereocenters. The highest BCUT2D eigenvalue weighted by atomic mass is 127. The van der Waals surface area contributed by atoms with Gasteiger partial charge in [0, 0.05) is 51.5 Å². The van der Waals surface area contributed by atoms with Crippen LogP contribution in [0.4, 0.5) is 5.82 Å². The SMILES string of the molecule is CN=C(NCc1ccnc(N2CCOC(C)C2)c1)N(C)Cc1cccc(Cl)c1.I. The van der Waals surface area contributed by atoms with Crippen molar-refractivity contribution in [2.75, 3.05) is 38.7 Å². The van der Waals surface area contributed by atoms with E-state index in [0.29, 0.717) is 6.54 Å². The lowest BCUT2D eigenvalue weighted by molar-refractivity contribution is 0.0529. The molecule has 1 aliphatic rings. The molecule has 2 aromatic rings. The normalized spacial score (nSPS) is 16.9. The summed E-state index contributed by atoms with van der Waals surface area (Å²) >= 11 is 6.09. The number of pyridine rings is 1. The molecule has 158 valence electrons. The van der Waals surface area contributed by atoms with Crippen LogP contribution in [0.25, 0.3) is 0 Å². The summed E-state index contributed by atoms with van der Waals surface area (Å²) in [5, 5.41) is 4.18. The van der Waals surface area contributed by atoms with Crippen LogP contribution < -0.4 is 10.2 Å². The minimum atomic E-state index is 0. The molecule has 8 heteroatoms. The van der Waals surface area contributed by atoms with E-state index in [1.54, 1.807) is 7.05 Å². The van der Waals surface area contributed by atoms with Gasteiger partial charge in [0.1, 0.15) is 5.82 Å². The molecule has 1 aliphatic heterocycles. The lowest BCUT2D eigenvalue weighted by atomic mass is 10.2. The number of anilines is 1. The minimum Gasteiger partial charge on any atom is -0.375 e. The van der Waals surface area contributed by atoms with E-state index in [2.05, 4.69) is 44.1 Å². The van der Waals surface area contributed by atoms with Gasteiger partial charge in [-0.3, -0.25) is 4.99 Å². The standard InChI is InChI=1S/C21H28ClN5O.HI/c1-16-14-27(9-10-28-16)20-12-17(7-8-24-20)13-25-21(23-2)26(3)15-18-5-4-6-19(22)11-18;/h4-8,11-12,16H,9-10,13-15H2,1-3H3,(H,23,25);1H. The summed E-state index contributed by atoms with van der Waals surface area (Å²) in [5.41, 5.74) is 2.31. The van der Waals surface area contributed by atoms with Gasteiger partial charge in [-0.15, -0.1) is 24.0 Å². The molecule has 0 saturated carbocycles. The number of rotatable bonds is 5. The number of halogens is 2. The number of morpholine rings is 1. The van der Waals surface area contributed by atoms with Gasteiger partial charge in [-0.1, -0.05) is 23.7 Å². The summed E-state index contributed by atoms with van der Waals surface area (Å²) in [6, 6.07) is 12.1. The number of nitrogens with zero attached hydrogens (tertiary/aromatic N) is 4. The molecule has 0 amide bonds.